The first-order valence-corrected chi connectivity index (χ1v) is 10.5. The number of thioether (sulfide) groups is 1. The van der Waals surface area contributed by atoms with Gasteiger partial charge in [0.25, 0.3) is 5.24 Å². The minimum Gasteiger partial charge on any atom is -0.489 e. The maximum absolute atomic E-state index is 13.7. The third kappa shape index (κ3) is 4.71. The lowest BCUT2D eigenvalue weighted by atomic mass is 10.1. The molecule has 152 valence electrons. The van der Waals surface area contributed by atoms with Crippen LogP contribution in [0.5, 0.6) is 5.75 Å². The van der Waals surface area contributed by atoms with Crippen LogP contribution in [-0.2, 0) is 24.4 Å². The van der Waals surface area contributed by atoms with Crippen molar-refractivity contribution in [2.75, 3.05) is 0 Å². The van der Waals surface area contributed by atoms with Gasteiger partial charge in [-0.05, 0) is 35.7 Å². The third-order valence-electron chi connectivity index (χ3n) is 4.89. The Hall–Kier alpha value is -3.12. The standard InChI is InChI=1S/C24H20FNO3S/c25-21-9-5-4-8-19(21)16-29-20-12-10-17(11-13-20)14-22-23(27)26(24(28)30-22)15-18-6-2-1-3-7-18/h1-13,22H,14-16H2/t22-/m1/s1. The van der Waals surface area contributed by atoms with E-state index in [9.17, 15) is 14.0 Å². The van der Waals surface area contributed by atoms with Gasteiger partial charge in [0.1, 0.15) is 18.2 Å². The second-order valence-corrected chi connectivity index (χ2v) is 8.16. The highest BCUT2D eigenvalue weighted by atomic mass is 32.2. The molecule has 3 aromatic rings. The van der Waals surface area contributed by atoms with Crippen molar-refractivity contribution in [1.29, 1.82) is 0 Å². The average molecular weight is 421 g/mol. The number of nitrogens with zero attached hydrogens (tertiary/aromatic N) is 1. The predicted molar refractivity (Wildman–Crippen MR) is 115 cm³/mol. The quantitative estimate of drug-likeness (QED) is 0.525. The van der Waals surface area contributed by atoms with Crippen molar-refractivity contribution < 1.29 is 18.7 Å². The van der Waals surface area contributed by atoms with Crippen molar-refractivity contribution in [2.45, 2.75) is 24.8 Å². The highest BCUT2D eigenvalue weighted by Gasteiger charge is 2.39. The normalized spacial score (nSPS) is 16.2. The van der Waals surface area contributed by atoms with Gasteiger partial charge in [-0.1, -0.05) is 72.4 Å². The molecule has 1 heterocycles. The maximum Gasteiger partial charge on any atom is 0.289 e. The number of benzene rings is 3. The molecular weight excluding hydrogens is 401 g/mol. The Morgan fingerprint density at radius 1 is 0.867 bits per heavy atom. The first kappa shape index (κ1) is 20.2. The molecule has 0 aliphatic carbocycles. The van der Waals surface area contributed by atoms with E-state index in [0.717, 1.165) is 22.9 Å². The topological polar surface area (TPSA) is 46.6 Å². The van der Waals surface area contributed by atoms with Crippen molar-refractivity contribution in [3.8, 4) is 5.75 Å². The zero-order valence-corrected chi connectivity index (χ0v) is 17.0. The van der Waals surface area contributed by atoms with E-state index in [1.165, 1.54) is 11.0 Å². The van der Waals surface area contributed by atoms with Gasteiger partial charge in [0.2, 0.25) is 5.91 Å². The number of carbonyl (C=O) groups excluding carboxylic acids is 2. The Kier molecular flexibility index (Phi) is 6.14. The van der Waals surface area contributed by atoms with Gasteiger partial charge in [-0.3, -0.25) is 14.5 Å². The molecule has 0 bridgehead atoms. The first-order valence-electron chi connectivity index (χ1n) is 9.61. The molecule has 0 N–H and O–H groups in total. The van der Waals surface area contributed by atoms with Crippen LogP contribution in [0.3, 0.4) is 0 Å². The van der Waals surface area contributed by atoms with Crippen LogP contribution in [0.2, 0.25) is 0 Å². The van der Waals surface area contributed by atoms with Crippen molar-refractivity contribution >= 4 is 22.9 Å². The molecule has 2 amide bonds. The van der Waals surface area contributed by atoms with Crippen molar-refractivity contribution in [3.63, 3.8) is 0 Å². The predicted octanol–water partition coefficient (Wildman–Crippen LogP) is 5.21. The van der Waals surface area contributed by atoms with Crippen LogP contribution in [0, 0.1) is 5.82 Å². The lowest BCUT2D eigenvalue weighted by Crippen LogP contribution is -2.31. The number of ether oxygens (including phenoxy) is 1. The summed E-state index contributed by atoms with van der Waals surface area (Å²) >= 11 is 1.07. The molecule has 3 aromatic carbocycles. The summed E-state index contributed by atoms with van der Waals surface area (Å²) in [6.45, 7) is 0.441. The van der Waals surface area contributed by atoms with Crippen molar-refractivity contribution in [2.24, 2.45) is 0 Å². The zero-order valence-electron chi connectivity index (χ0n) is 16.2. The maximum atomic E-state index is 13.7. The second-order valence-electron chi connectivity index (χ2n) is 7.01. The molecule has 1 aliphatic rings. The summed E-state index contributed by atoms with van der Waals surface area (Å²) in [6, 6.07) is 23.3. The van der Waals surface area contributed by atoms with Crippen molar-refractivity contribution in [3.05, 3.63) is 101 Å². The van der Waals surface area contributed by atoms with Crippen LogP contribution in [-0.4, -0.2) is 21.3 Å². The minimum absolute atomic E-state index is 0.145. The third-order valence-corrected chi connectivity index (χ3v) is 5.96. The fourth-order valence-electron chi connectivity index (χ4n) is 3.25. The SMILES string of the molecule is O=C1S[C@H](Cc2ccc(OCc3ccccc3F)cc2)C(=O)N1Cc1ccccc1. The molecule has 0 saturated carbocycles. The molecular formula is C24H20FNO3S. The van der Waals surface area contributed by atoms with Gasteiger partial charge < -0.3 is 4.74 Å². The molecule has 1 saturated heterocycles. The first-order chi connectivity index (χ1) is 14.6. The van der Waals surface area contributed by atoms with Crippen LogP contribution in [0.15, 0.2) is 78.9 Å². The molecule has 1 aliphatic heterocycles. The van der Waals surface area contributed by atoms with Gasteiger partial charge in [-0.15, -0.1) is 0 Å². The van der Waals surface area contributed by atoms with E-state index in [0.29, 0.717) is 24.3 Å². The van der Waals surface area contributed by atoms with Gasteiger partial charge in [0, 0.05) is 5.56 Å². The summed E-state index contributed by atoms with van der Waals surface area (Å²) in [6.07, 6.45) is 0.466. The van der Waals surface area contributed by atoms with Gasteiger partial charge in [0.05, 0.1) is 11.8 Å². The molecule has 6 heteroatoms. The number of hydrogen-bond acceptors (Lipinski definition) is 4. The smallest absolute Gasteiger partial charge is 0.289 e. The van der Waals surface area contributed by atoms with Gasteiger partial charge >= 0.3 is 0 Å². The summed E-state index contributed by atoms with van der Waals surface area (Å²) in [5.41, 5.74) is 2.36. The monoisotopic (exact) mass is 421 g/mol. The molecule has 4 nitrogen and oxygen atoms in total. The summed E-state index contributed by atoms with van der Waals surface area (Å²) in [7, 11) is 0. The summed E-state index contributed by atoms with van der Waals surface area (Å²) in [4.78, 5) is 26.3. The van der Waals surface area contributed by atoms with Crippen LogP contribution in [0.1, 0.15) is 16.7 Å². The Labute approximate surface area is 178 Å². The van der Waals surface area contributed by atoms with E-state index in [1.807, 2.05) is 42.5 Å². The molecule has 0 unspecified atom stereocenters. The molecule has 1 fully saturated rings. The van der Waals surface area contributed by atoms with E-state index in [4.69, 9.17) is 4.74 Å². The van der Waals surface area contributed by atoms with E-state index < -0.39 is 5.25 Å². The zero-order chi connectivity index (χ0) is 20.9. The van der Waals surface area contributed by atoms with E-state index in [2.05, 4.69) is 0 Å². The van der Waals surface area contributed by atoms with E-state index >= 15 is 0 Å². The van der Waals surface area contributed by atoms with Crippen molar-refractivity contribution in [1.82, 2.24) is 4.90 Å². The van der Waals surface area contributed by atoms with Crippen LogP contribution in [0.4, 0.5) is 9.18 Å². The second kappa shape index (κ2) is 9.13. The molecule has 0 aromatic heterocycles. The Bertz CT molecular complexity index is 1040. The highest BCUT2D eigenvalue weighted by molar-refractivity contribution is 8.15. The van der Waals surface area contributed by atoms with Crippen LogP contribution < -0.4 is 4.74 Å². The number of amides is 2. The van der Waals surface area contributed by atoms with Crippen LogP contribution >= 0.6 is 11.8 Å². The Balaban J connectivity index is 1.34. The highest BCUT2D eigenvalue weighted by Crippen LogP contribution is 2.31. The fourth-order valence-corrected chi connectivity index (χ4v) is 4.28. The van der Waals surface area contributed by atoms with Gasteiger partial charge in [-0.2, -0.15) is 0 Å². The number of hydrogen-bond donors (Lipinski definition) is 0. The molecule has 0 spiro atoms. The van der Waals surface area contributed by atoms with E-state index in [1.54, 1.807) is 30.3 Å². The fraction of sp³-hybridized carbons (Fsp3) is 0.167. The number of rotatable bonds is 7. The van der Waals surface area contributed by atoms with E-state index in [-0.39, 0.29) is 23.6 Å². The summed E-state index contributed by atoms with van der Waals surface area (Å²) in [5, 5.41) is -0.634. The lowest BCUT2D eigenvalue weighted by Gasteiger charge is -2.14. The molecule has 0 radical (unpaired) electrons. The summed E-state index contributed by atoms with van der Waals surface area (Å²) < 4.78 is 19.3. The average Bonchev–Trinajstić information content (AvgIpc) is 3.02. The molecule has 4 rings (SSSR count). The summed E-state index contributed by atoms with van der Waals surface area (Å²) in [5.74, 6) is 0.165. The Morgan fingerprint density at radius 3 is 2.30 bits per heavy atom. The molecule has 1 atom stereocenters. The number of halogens is 1. The molecule has 30 heavy (non-hydrogen) atoms. The largest absolute Gasteiger partial charge is 0.489 e. The number of carbonyl (C=O) groups is 2. The minimum atomic E-state index is -0.425. The number of imide groups is 1. The van der Waals surface area contributed by atoms with Gasteiger partial charge in [0.15, 0.2) is 0 Å². The lowest BCUT2D eigenvalue weighted by molar-refractivity contribution is -0.127. The Morgan fingerprint density at radius 2 is 1.57 bits per heavy atom. The van der Waals surface area contributed by atoms with Gasteiger partial charge in [-0.25, -0.2) is 4.39 Å². The van der Waals surface area contributed by atoms with Crippen LogP contribution in [0.25, 0.3) is 0 Å².